The van der Waals surface area contributed by atoms with Crippen LogP contribution in [0.2, 0.25) is 0 Å². The third-order valence-corrected chi connectivity index (χ3v) is 5.66. The number of carbonyl (C=O) groups excluding carboxylic acids is 1. The zero-order chi connectivity index (χ0) is 24.9. The van der Waals surface area contributed by atoms with E-state index in [2.05, 4.69) is 0 Å². The number of carboxylic acids is 1. The van der Waals surface area contributed by atoms with Gasteiger partial charge in [-0.15, -0.1) is 0 Å². The van der Waals surface area contributed by atoms with E-state index in [1.807, 2.05) is 0 Å². The van der Waals surface area contributed by atoms with Gasteiger partial charge in [-0.2, -0.15) is 0 Å². The van der Waals surface area contributed by atoms with Gasteiger partial charge < -0.3 is 28.8 Å². The van der Waals surface area contributed by atoms with Gasteiger partial charge in [-0.3, -0.25) is 4.79 Å². The third-order valence-electron chi connectivity index (χ3n) is 5.66. The predicted molar refractivity (Wildman–Crippen MR) is 128 cm³/mol. The average molecular weight is 476 g/mol. The third kappa shape index (κ3) is 4.91. The minimum Gasteiger partial charge on any atom is -0.497 e. The smallest absolute Gasteiger partial charge is 0.336 e. The first-order valence-electron chi connectivity index (χ1n) is 10.7. The first-order valence-corrected chi connectivity index (χ1v) is 10.7. The molecular weight excluding hydrogens is 452 g/mol. The van der Waals surface area contributed by atoms with E-state index in [0.717, 1.165) is 0 Å². The van der Waals surface area contributed by atoms with Crippen LogP contribution in [0.1, 0.15) is 21.5 Å². The summed E-state index contributed by atoms with van der Waals surface area (Å²) in [6.45, 7) is 0.0452. The predicted octanol–water partition coefficient (Wildman–Crippen LogP) is 4.40. The van der Waals surface area contributed by atoms with Gasteiger partial charge in [0.2, 0.25) is 6.79 Å². The van der Waals surface area contributed by atoms with E-state index >= 15 is 0 Å². The summed E-state index contributed by atoms with van der Waals surface area (Å²) in [6, 6.07) is 16.5. The van der Waals surface area contributed by atoms with Crippen LogP contribution in [0.5, 0.6) is 28.7 Å². The number of hydrogen-bond acceptors (Lipinski definition) is 7. The summed E-state index contributed by atoms with van der Waals surface area (Å²) in [5.41, 5.74) is 1.17. The Labute approximate surface area is 202 Å². The second-order valence-corrected chi connectivity index (χ2v) is 7.64. The number of methoxy groups -OCH3 is 3. The van der Waals surface area contributed by atoms with E-state index in [0.29, 0.717) is 45.4 Å². The first-order chi connectivity index (χ1) is 16.9. The van der Waals surface area contributed by atoms with Crippen molar-refractivity contribution in [3.05, 3.63) is 82.9 Å². The monoisotopic (exact) mass is 476 g/mol. The van der Waals surface area contributed by atoms with Crippen LogP contribution in [0.4, 0.5) is 0 Å². The Morgan fingerprint density at radius 2 is 1.46 bits per heavy atom. The highest BCUT2D eigenvalue weighted by Crippen LogP contribution is 2.37. The van der Waals surface area contributed by atoms with Gasteiger partial charge in [0, 0.05) is 23.1 Å². The molecule has 3 aromatic carbocycles. The van der Waals surface area contributed by atoms with Crippen molar-refractivity contribution in [1.29, 1.82) is 0 Å². The summed E-state index contributed by atoms with van der Waals surface area (Å²) in [5.74, 6) is 0.872. The minimum atomic E-state index is -1.25. The molecule has 0 spiro atoms. The molecule has 1 aliphatic heterocycles. The van der Waals surface area contributed by atoms with Gasteiger partial charge in [-0.05, 0) is 60.2 Å². The maximum atomic E-state index is 13.8. The van der Waals surface area contributed by atoms with Gasteiger partial charge in [-0.25, -0.2) is 4.79 Å². The number of benzene rings is 3. The fourth-order valence-electron chi connectivity index (χ4n) is 3.89. The van der Waals surface area contributed by atoms with Gasteiger partial charge in [0.05, 0.1) is 26.9 Å². The average Bonchev–Trinajstić information content (AvgIpc) is 3.35. The van der Waals surface area contributed by atoms with E-state index in [1.165, 1.54) is 21.3 Å². The molecule has 0 fully saturated rings. The molecule has 1 aliphatic rings. The number of carboxylic acid groups (broad SMARTS) is 1. The molecule has 0 aliphatic carbocycles. The van der Waals surface area contributed by atoms with Crippen LogP contribution in [0.3, 0.4) is 0 Å². The number of ether oxygens (including phenoxy) is 5. The lowest BCUT2D eigenvalue weighted by Gasteiger charge is -2.16. The molecule has 8 nitrogen and oxygen atoms in total. The molecule has 4 rings (SSSR count). The Morgan fingerprint density at radius 1 is 0.800 bits per heavy atom. The number of carbonyl (C=O) groups is 2. The molecule has 0 radical (unpaired) electrons. The van der Waals surface area contributed by atoms with Gasteiger partial charge in [0.25, 0.3) is 0 Å². The highest BCUT2D eigenvalue weighted by atomic mass is 16.7. The van der Waals surface area contributed by atoms with E-state index in [1.54, 1.807) is 60.7 Å². The van der Waals surface area contributed by atoms with Crippen LogP contribution in [0.15, 0.2) is 66.2 Å². The van der Waals surface area contributed by atoms with E-state index in [9.17, 15) is 14.7 Å². The Hall–Kier alpha value is -4.46. The molecule has 3 aromatic rings. The normalized spacial score (nSPS) is 12.5. The fraction of sp³-hybridized carbons (Fsp3) is 0.185. The number of aliphatic carboxylic acids is 1. The molecule has 8 heteroatoms. The summed E-state index contributed by atoms with van der Waals surface area (Å²) < 4.78 is 26.8. The van der Waals surface area contributed by atoms with Crippen molar-refractivity contribution in [2.75, 3.05) is 28.1 Å². The van der Waals surface area contributed by atoms with Gasteiger partial charge in [-0.1, -0.05) is 6.07 Å². The maximum Gasteiger partial charge on any atom is 0.336 e. The van der Waals surface area contributed by atoms with Crippen molar-refractivity contribution < 1.29 is 38.4 Å². The number of ketones is 1. The van der Waals surface area contributed by atoms with Gasteiger partial charge in [0.15, 0.2) is 17.3 Å². The molecular formula is C27H24O8. The summed E-state index contributed by atoms with van der Waals surface area (Å²) in [7, 11) is 4.56. The van der Waals surface area contributed by atoms with Crippen LogP contribution in [0.25, 0.3) is 5.57 Å². The highest BCUT2D eigenvalue weighted by Gasteiger charge is 2.26. The number of rotatable bonds is 9. The van der Waals surface area contributed by atoms with Gasteiger partial charge >= 0.3 is 5.97 Å². The first kappa shape index (κ1) is 23.7. The van der Waals surface area contributed by atoms with Crippen molar-refractivity contribution >= 4 is 17.3 Å². The van der Waals surface area contributed by atoms with Crippen LogP contribution in [-0.2, 0) is 11.2 Å². The SMILES string of the molecule is COc1ccc(C(=O)/C(Cc2cc(OC)ccc2OC)=C(\C(=O)O)c2ccc3c(c2)OCO3)cc1. The Balaban J connectivity index is 1.90. The second kappa shape index (κ2) is 10.2. The Morgan fingerprint density at radius 3 is 2.11 bits per heavy atom. The summed E-state index contributed by atoms with van der Waals surface area (Å²) in [4.78, 5) is 26.4. The lowest BCUT2D eigenvalue weighted by molar-refractivity contribution is -0.130. The van der Waals surface area contributed by atoms with Crippen LogP contribution >= 0.6 is 0 Å². The largest absolute Gasteiger partial charge is 0.497 e. The van der Waals surface area contributed by atoms with E-state index in [-0.39, 0.29) is 24.4 Å². The molecule has 0 aromatic heterocycles. The molecule has 0 saturated heterocycles. The van der Waals surface area contributed by atoms with Crippen molar-refractivity contribution in [1.82, 2.24) is 0 Å². The fourth-order valence-corrected chi connectivity index (χ4v) is 3.89. The Kier molecular flexibility index (Phi) is 6.91. The summed E-state index contributed by atoms with van der Waals surface area (Å²) in [6.07, 6.45) is -0.0126. The molecule has 0 unspecified atom stereocenters. The highest BCUT2D eigenvalue weighted by molar-refractivity contribution is 6.26. The second-order valence-electron chi connectivity index (χ2n) is 7.64. The minimum absolute atomic E-state index is 0.0126. The summed E-state index contributed by atoms with van der Waals surface area (Å²) >= 11 is 0. The molecule has 0 atom stereocenters. The zero-order valence-electron chi connectivity index (χ0n) is 19.5. The number of allylic oxidation sites excluding steroid dienone is 1. The maximum absolute atomic E-state index is 13.8. The van der Waals surface area contributed by atoms with Crippen molar-refractivity contribution in [3.63, 3.8) is 0 Å². The lowest BCUT2D eigenvalue weighted by Crippen LogP contribution is -2.14. The summed E-state index contributed by atoms with van der Waals surface area (Å²) in [5, 5.41) is 10.3. The van der Waals surface area contributed by atoms with E-state index < -0.39 is 11.8 Å². The van der Waals surface area contributed by atoms with E-state index in [4.69, 9.17) is 23.7 Å². The molecule has 180 valence electrons. The lowest BCUT2D eigenvalue weighted by atomic mass is 9.89. The zero-order valence-corrected chi connectivity index (χ0v) is 19.5. The van der Waals surface area contributed by atoms with Crippen LogP contribution < -0.4 is 23.7 Å². The van der Waals surface area contributed by atoms with Gasteiger partial charge in [0.1, 0.15) is 17.2 Å². The number of fused-ring (bicyclic) bond motifs is 1. The van der Waals surface area contributed by atoms with Crippen LogP contribution in [0, 0.1) is 0 Å². The van der Waals surface area contributed by atoms with Crippen molar-refractivity contribution in [3.8, 4) is 28.7 Å². The van der Waals surface area contributed by atoms with Crippen molar-refractivity contribution in [2.45, 2.75) is 6.42 Å². The molecule has 1 N–H and O–H groups in total. The Bertz CT molecular complexity index is 1290. The molecule has 0 saturated carbocycles. The topological polar surface area (TPSA) is 101 Å². The number of hydrogen-bond donors (Lipinski definition) is 1. The number of Topliss-reactive ketones (excluding diaryl/α,β-unsaturated/α-hetero) is 1. The standard InChI is InChI=1S/C27H24O8/c1-31-19-7-4-16(5-8-19)26(28)21(13-18-12-20(32-2)9-11-22(18)33-3)25(27(29)30)17-6-10-23-24(14-17)35-15-34-23/h4-12,14H,13,15H2,1-3H3,(H,29,30)/b25-21-. The quantitative estimate of drug-likeness (QED) is 0.358. The molecule has 1 heterocycles. The van der Waals surface area contributed by atoms with Crippen LogP contribution in [-0.4, -0.2) is 45.0 Å². The van der Waals surface area contributed by atoms with Crippen molar-refractivity contribution in [2.24, 2.45) is 0 Å². The molecule has 35 heavy (non-hydrogen) atoms. The molecule has 0 bridgehead atoms. The molecule has 0 amide bonds.